The van der Waals surface area contributed by atoms with Crippen LogP contribution in [0.2, 0.25) is 5.02 Å². The van der Waals surface area contributed by atoms with E-state index in [1.54, 1.807) is 0 Å². The van der Waals surface area contributed by atoms with E-state index < -0.39 is 13.7 Å². The molecule has 0 bridgehead atoms. The highest BCUT2D eigenvalue weighted by atomic mass is 35.5. The minimum absolute atomic E-state index is 0.146. The third-order valence-corrected chi connectivity index (χ3v) is 15.0. The van der Waals surface area contributed by atoms with E-state index in [0.29, 0.717) is 36.9 Å². The van der Waals surface area contributed by atoms with Crippen LogP contribution in [0.25, 0.3) is 53.6 Å². The summed E-state index contributed by atoms with van der Waals surface area (Å²) >= 11 is 10.5. The van der Waals surface area contributed by atoms with Crippen molar-refractivity contribution in [3.05, 3.63) is 226 Å². The molecular weight excluding hydrogens is 890 g/mol. The van der Waals surface area contributed by atoms with Gasteiger partial charge >= 0.3 is 13.7 Å². The van der Waals surface area contributed by atoms with Gasteiger partial charge in [-0.2, -0.15) is 10.5 Å². The molecule has 0 fully saturated rings. The Kier molecular flexibility index (Phi) is 11.5. The zero-order chi connectivity index (χ0) is 46.3. The van der Waals surface area contributed by atoms with Gasteiger partial charge in [-0.25, -0.2) is 9.97 Å². The normalized spacial score (nSPS) is 12.3. The summed E-state index contributed by atoms with van der Waals surface area (Å²) in [5, 5.41) is 28.7. The summed E-state index contributed by atoms with van der Waals surface area (Å²) in [6.45, 7) is 3.52. The van der Waals surface area contributed by atoms with E-state index >= 15 is 0 Å². The van der Waals surface area contributed by atoms with Gasteiger partial charge in [-0.15, -0.1) is 22.7 Å². The first-order valence-electron chi connectivity index (χ1n) is 22.5. The third kappa shape index (κ3) is 7.35. The number of aromatic nitrogens is 4. The Bertz CT molecular complexity index is 3650. The van der Waals surface area contributed by atoms with Crippen LogP contribution in [0.15, 0.2) is 194 Å². The molecule has 4 heterocycles. The first-order chi connectivity index (χ1) is 33.4. The van der Waals surface area contributed by atoms with E-state index in [9.17, 15) is 10.5 Å². The number of benzene rings is 7. The molecule has 0 saturated carbocycles. The van der Waals surface area contributed by atoms with Gasteiger partial charge in [0, 0.05) is 32.7 Å². The summed E-state index contributed by atoms with van der Waals surface area (Å²) in [5.41, 5.74) is 9.06. The van der Waals surface area contributed by atoms with Gasteiger partial charge in [0.05, 0.1) is 31.1 Å². The number of para-hydroxylation sites is 2. The minimum Gasteiger partial charge on any atom is -0.378 e. The Hall–Kier alpha value is -7.72. The highest BCUT2D eigenvalue weighted by Gasteiger charge is 2.38. The van der Waals surface area contributed by atoms with Crippen LogP contribution in [0.1, 0.15) is 35.5 Å². The lowest BCUT2D eigenvalue weighted by Gasteiger charge is -2.25. The molecule has 0 spiro atoms. The van der Waals surface area contributed by atoms with Gasteiger partial charge in [0.2, 0.25) is 0 Å². The van der Waals surface area contributed by atoms with Crippen LogP contribution in [0, 0.1) is 22.7 Å². The maximum atomic E-state index is 12.0. The molecule has 0 amide bonds. The largest absolute Gasteiger partial charge is 0.378 e. The molecule has 0 atom stereocenters. The van der Waals surface area contributed by atoms with E-state index in [0.717, 1.165) is 70.0 Å². The van der Waals surface area contributed by atoms with Crippen molar-refractivity contribution < 1.29 is 0 Å². The Morgan fingerprint density at radius 2 is 0.882 bits per heavy atom. The number of fused-ring (bicyclic) bond motifs is 3. The van der Waals surface area contributed by atoms with Gasteiger partial charge in [-0.3, -0.25) is 0 Å². The molecule has 7 aromatic carbocycles. The second-order valence-corrected chi connectivity index (χ2v) is 19.4. The lowest BCUT2D eigenvalue weighted by atomic mass is 9.50. The van der Waals surface area contributed by atoms with Gasteiger partial charge in [0.1, 0.15) is 33.3 Å². The van der Waals surface area contributed by atoms with E-state index in [1.165, 1.54) is 22.7 Å². The van der Waals surface area contributed by atoms with Crippen molar-refractivity contribution in [3.8, 4) is 23.4 Å². The minimum atomic E-state index is -0.475. The number of nitriles is 2. The van der Waals surface area contributed by atoms with Crippen molar-refractivity contribution in [2.24, 2.45) is 0 Å². The maximum Gasteiger partial charge on any atom is 0.328 e. The number of hydrogen-bond acceptors (Lipinski definition) is 6. The molecule has 4 aromatic heterocycles. The van der Waals surface area contributed by atoms with Crippen LogP contribution in [0.5, 0.6) is 0 Å². The van der Waals surface area contributed by atoms with Crippen LogP contribution < -0.4 is 32.5 Å². The summed E-state index contributed by atoms with van der Waals surface area (Å²) in [4.78, 5) is 10.4. The average Bonchev–Trinajstić information content (AvgIpc) is 4.16. The Balaban J connectivity index is 1.50. The van der Waals surface area contributed by atoms with Crippen LogP contribution in [0.3, 0.4) is 0 Å². The first kappa shape index (κ1) is 42.9. The SMILES string of the molecule is CC(C)c1c2/c(=C(\C#N)c3nc4ccccc4s3)n(B(c3ccccc3)c3ccccc3)c(-c3ccccc3Cl)c2/c(=C(\C#N)c2nc3ccccc3s2)n1B(c1ccccc1)c1ccccc1. The van der Waals surface area contributed by atoms with E-state index in [1.807, 2.05) is 78.9 Å². The molecule has 0 unspecified atom stereocenters. The molecule has 11 rings (SSSR count). The van der Waals surface area contributed by atoms with Crippen LogP contribution in [0.4, 0.5) is 0 Å². The lowest BCUT2D eigenvalue weighted by molar-refractivity contribution is 0.810. The molecule has 11 heteroatoms. The van der Waals surface area contributed by atoms with Gasteiger partial charge in [0.25, 0.3) is 0 Å². The van der Waals surface area contributed by atoms with Crippen LogP contribution in [-0.4, -0.2) is 32.6 Å². The average molecular weight is 929 g/mol. The van der Waals surface area contributed by atoms with Gasteiger partial charge in [-0.1, -0.05) is 211 Å². The highest BCUT2D eigenvalue weighted by molar-refractivity contribution is 7.20. The zero-order valence-corrected chi connectivity index (χ0v) is 39.5. The van der Waals surface area contributed by atoms with E-state index in [2.05, 4.69) is 150 Å². The molecule has 0 saturated heterocycles. The molecule has 68 heavy (non-hydrogen) atoms. The molecule has 0 aliphatic rings. The molecule has 0 N–H and O–H groups in total. The number of thiazole rings is 2. The number of hydrogen-bond donors (Lipinski definition) is 0. The molecule has 0 radical (unpaired) electrons. The zero-order valence-electron chi connectivity index (χ0n) is 37.1. The standard InChI is InChI=1S/C57H39B2ClN6S2/c1-37(2)52-50-51(55(44(36-62)57-64-47-32-18-20-34-49(47)68-57)65(52)58(38-21-7-3-8-22-38)39-23-9-4-10-24-39)53(42-29-15-16-30-45(42)60)66(59(40-25-11-5-12-26-40)41-27-13-6-14-28-41)54(50)43(35-61)56-63-46-31-17-19-33-48(46)67-56/h3-34,37H,1-2H3/b54-43-,55-44-. The van der Waals surface area contributed by atoms with Gasteiger partial charge in [0.15, 0.2) is 0 Å². The molecule has 11 aromatic rings. The van der Waals surface area contributed by atoms with Crippen molar-refractivity contribution in [3.63, 3.8) is 0 Å². The van der Waals surface area contributed by atoms with Crippen LogP contribution in [-0.2, 0) is 0 Å². The van der Waals surface area contributed by atoms with Crippen molar-refractivity contribution in [2.45, 2.75) is 19.8 Å². The first-order valence-corrected chi connectivity index (χ1v) is 24.5. The highest BCUT2D eigenvalue weighted by Crippen LogP contribution is 2.38. The Labute approximate surface area is 407 Å². The Morgan fingerprint density at radius 1 is 0.500 bits per heavy atom. The fourth-order valence-electron chi connectivity index (χ4n) is 9.82. The van der Waals surface area contributed by atoms with Crippen molar-refractivity contribution in [2.75, 3.05) is 0 Å². The topological polar surface area (TPSA) is 83.2 Å². The fraction of sp³-hybridized carbons (Fsp3) is 0.0526. The molecule has 322 valence electrons. The molecular formula is C57H39B2ClN6S2. The summed E-state index contributed by atoms with van der Waals surface area (Å²) < 4.78 is 6.66. The third-order valence-electron chi connectivity index (χ3n) is 12.6. The Morgan fingerprint density at radius 3 is 1.29 bits per heavy atom. The summed E-state index contributed by atoms with van der Waals surface area (Å²) in [6.07, 6.45) is 0. The number of rotatable bonds is 10. The van der Waals surface area contributed by atoms with E-state index in [-0.39, 0.29) is 5.92 Å². The second-order valence-electron chi connectivity index (χ2n) is 17.0. The van der Waals surface area contributed by atoms with Gasteiger partial charge in [-0.05, 0) is 36.2 Å². The second kappa shape index (κ2) is 18.2. The predicted molar refractivity (Wildman–Crippen MR) is 286 cm³/mol. The number of halogens is 1. The van der Waals surface area contributed by atoms with Gasteiger partial charge < -0.3 is 8.96 Å². The summed E-state index contributed by atoms with van der Waals surface area (Å²) in [7, 11) is 0. The predicted octanol–water partition coefficient (Wildman–Crippen LogP) is 9.86. The lowest BCUT2D eigenvalue weighted by Crippen LogP contribution is -2.54. The molecule has 0 aliphatic heterocycles. The van der Waals surface area contributed by atoms with Crippen molar-refractivity contribution >= 4 is 112 Å². The number of nitrogens with zero attached hydrogens (tertiary/aromatic N) is 6. The monoisotopic (exact) mass is 928 g/mol. The smallest absolute Gasteiger partial charge is 0.328 e. The molecule has 0 aliphatic carbocycles. The fourth-order valence-corrected chi connectivity index (χ4v) is 12.0. The van der Waals surface area contributed by atoms with Crippen molar-refractivity contribution in [1.82, 2.24) is 18.9 Å². The summed E-state index contributed by atoms with van der Waals surface area (Å²) in [5.74, 6) is -0.146. The maximum absolute atomic E-state index is 12.0. The van der Waals surface area contributed by atoms with Crippen molar-refractivity contribution in [1.29, 1.82) is 10.5 Å². The van der Waals surface area contributed by atoms with E-state index in [4.69, 9.17) is 21.6 Å². The molecule has 6 nitrogen and oxygen atoms in total. The quantitative estimate of drug-likeness (QED) is 0.128. The summed E-state index contributed by atoms with van der Waals surface area (Å²) in [6, 6.07) is 71.4. The van der Waals surface area contributed by atoms with Crippen LogP contribution >= 0.6 is 34.3 Å².